The number of aryl methyl sites for hydroxylation is 1. The van der Waals surface area contributed by atoms with Crippen molar-refractivity contribution < 1.29 is 4.74 Å². The Balaban J connectivity index is 1.74. The van der Waals surface area contributed by atoms with Gasteiger partial charge in [0.15, 0.2) is 5.96 Å². The standard InChI is InChI=1S/C20H38N6O/c1-16-9-6-7-11-25(16)12-8-10-22-20(21-4)23-15-19-17(2)24-26(18(19)3)13-14-27-5/h16H,6-15H2,1-5H3,(H2,21,22,23). The maximum Gasteiger partial charge on any atom is 0.191 e. The summed E-state index contributed by atoms with van der Waals surface area (Å²) in [5.41, 5.74) is 3.48. The Morgan fingerprint density at radius 2 is 2.07 bits per heavy atom. The molecular formula is C20H38N6O. The van der Waals surface area contributed by atoms with Gasteiger partial charge in [0.25, 0.3) is 0 Å². The lowest BCUT2D eigenvalue weighted by atomic mass is 10.0. The third-order valence-electron chi connectivity index (χ3n) is 5.55. The van der Waals surface area contributed by atoms with Crippen LogP contribution in [0.1, 0.15) is 49.6 Å². The lowest BCUT2D eigenvalue weighted by molar-refractivity contribution is 0.159. The number of aliphatic imine (C=N–C) groups is 1. The predicted molar refractivity (Wildman–Crippen MR) is 111 cm³/mol. The molecule has 0 bridgehead atoms. The Morgan fingerprint density at radius 1 is 1.26 bits per heavy atom. The van der Waals surface area contributed by atoms with E-state index in [1.54, 1.807) is 7.11 Å². The van der Waals surface area contributed by atoms with Crippen molar-refractivity contribution in [3.8, 4) is 0 Å². The number of nitrogens with zero attached hydrogens (tertiary/aromatic N) is 4. The van der Waals surface area contributed by atoms with E-state index >= 15 is 0 Å². The van der Waals surface area contributed by atoms with Crippen LogP contribution in [0, 0.1) is 13.8 Å². The summed E-state index contributed by atoms with van der Waals surface area (Å²) in [5, 5.41) is 11.5. The van der Waals surface area contributed by atoms with Gasteiger partial charge < -0.3 is 20.3 Å². The minimum absolute atomic E-state index is 0.674. The SMILES string of the molecule is CN=C(NCCCN1CCCCC1C)NCc1c(C)nn(CCOC)c1C. The second-order valence-electron chi connectivity index (χ2n) is 7.45. The summed E-state index contributed by atoms with van der Waals surface area (Å²) in [6.07, 6.45) is 5.20. The van der Waals surface area contributed by atoms with Crippen molar-refractivity contribution in [3.63, 3.8) is 0 Å². The Kier molecular flexibility index (Phi) is 9.07. The van der Waals surface area contributed by atoms with Crippen molar-refractivity contribution in [1.82, 2.24) is 25.3 Å². The normalized spacial score (nSPS) is 18.7. The molecule has 1 aliphatic heterocycles. The van der Waals surface area contributed by atoms with Crippen molar-refractivity contribution in [3.05, 3.63) is 17.0 Å². The molecule has 2 heterocycles. The van der Waals surface area contributed by atoms with Crippen LogP contribution >= 0.6 is 0 Å². The van der Waals surface area contributed by atoms with Crippen molar-refractivity contribution >= 4 is 5.96 Å². The first-order valence-corrected chi connectivity index (χ1v) is 10.3. The zero-order valence-electron chi connectivity index (χ0n) is 17.8. The highest BCUT2D eigenvalue weighted by molar-refractivity contribution is 5.79. The molecule has 0 saturated carbocycles. The summed E-state index contributed by atoms with van der Waals surface area (Å²) in [5.74, 6) is 0.852. The molecule has 1 atom stereocenters. The number of piperidine rings is 1. The van der Waals surface area contributed by atoms with E-state index in [9.17, 15) is 0 Å². The van der Waals surface area contributed by atoms with E-state index in [-0.39, 0.29) is 0 Å². The first-order chi connectivity index (χ1) is 13.1. The van der Waals surface area contributed by atoms with Gasteiger partial charge in [0.05, 0.1) is 18.8 Å². The monoisotopic (exact) mass is 378 g/mol. The number of rotatable bonds is 9. The van der Waals surface area contributed by atoms with Gasteiger partial charge in [0, 0.05) is 51.1 Å². The highest BCUT2D eigenvalue weighted by Gasteiger charge is 2.17. The number of guanidine groups is 1. The van der Waals surface area contributed by atoms with Crippen LogP contribution in [0.25, 0.3) is 0 Å². The topological polar surface area (TPSA) is 66.7 Å². The second kappa shape index (κ2) is 11.3. The third kappa shape index (κ3) is 6.50. The van der Waals surface area contributed by atoms with Crippen LogP contribution in [0.5, 0.6) is 0 Å². The van der Waals surface area contributed by atoms with E-state index in [2.05, 4.69) is 46.4 Å². The molecule has 1 aromatic rings. The van der Waals surface area contributed by atoms with Gasteiger partial charge in [-0.3, -0.25) is 9.67 Å². The summed E-state index contributed by atoms with van der Waals surface area (Å²) in [6.45, 7) is 12.1. The molecular weight excluding hydrogens is 340 g/mol. The number of hydrogen-bond donors (Lipinski definition) is 2. The van der Waals surface area contributed by atoms with Crippen LogP contribution in [0.4, 0.5) is 0 Å². The summed E-state index contributed by atoms with van der Waals surface area (Å²) >= 11 is 0. The van der Waals surface area contributed by atoms with E-state index < -0.39 is 0 Å². The zero-order valence-corrected chi connectivity index (χ0v) is 17.8. The first-order valence-electron chi connectivity index (χ1n) is 10.3. The van der Waals surface area contributed by atoms with Gasteiger partial charge in [-0.05, 0) is 46.6 Å². The molecule has 1 fully saturated rings. The smallest absolute Gasteiger partial charge is 0.191 e. The molecule has 1 aromatic heterocycles. The fourth-order valence-electron chi connectivity index (χ4n) is 3.76. The zero-order chi connectivity index (χ0) is 19.6. The van der Waals surface area contributed by atoms with Crippen molar-refractivity contribution in [2.75, 3.05) is 40.4 Å². The van der Waals surface area contributed by atoms with Crippen LogP contribution in [-0.2, 0) is 17.8 Å². The van der Waals surface area contributed by atoms with E-state index in [0.717, 1.165) is 50.3 Å². The van der Waals surface area contributed by atoms with Gasteiger partial charge in [-0.1, -0.05) is 6.42 Å². The molecule has 1 aliphatic rings. The molecule has 154 valence electrons. The molecule has 2 rings (SSSR count). The third-order valence-corrected chi connectivity index (χ3v) is 5.55. The van der Waals surface area contributed by atoms with Gasteiger partial charge >= 0.3 is 0 Å². The Hall–Kier alpha value is -1.60. The summed E-state index contributed by atoms with van der Waals surface area (Å²) in [7, 11) is 3.54. The Bertz CT molecular complexity index is 598. The number of ether oxygens (including phenoxy) is 1. The molecule has 0 spiro atoms. The van der Waals surface area contributed by atoms with Crippen LogP contribution in [-0.4, -0.2) is 67.1 Å². The molecule has 7 nitrogen and oxygen atoms in total. The van der Waals surface area contributed by atoms with Crippen molar-refractivity contribution in [2.24, 2.45) is 4.99 Å². The molecule has 0 radical (unpaired) electrons. The summed E-state index contributed by atoms with van der Waals surface area (Å²) in [4.78, 5) is 6.97. The molecule has 0 aromatic carbocycles. The molecule has 1 saturated heterocycles. The molecule has 7 heteroatoms. The fourth-order valence-corrected chi connectivity index (χ4v) is 3.76. The maximum absolute atomic E-state index is 5.16. The van der Waals surface area contributed by atoms with Crippen LogP contribution in [0.2, 0.25) is 0 Å². The van der Waals surface area contributed by atoms with E-state index in [4.69, 9.17) is 4.74 Å². The fraction of sp³-hybridized carbons (Fsp3) is 0.800. The lowest BCUT2D eigenvalue weighted by Crippen LogP contribution is -2.41. The van der Waals surface area contributed by atoms with E-state index in [0.29, 0.717) is 6.61 Å². The molecule has 1 unspecified atom stereocenters. The van der Waals surface area contributed by atoms with Gasteiger partial charge in [-0.25, -0.2) is 0 Å². The van der Waals surface area contributed by atoms with Gasteiger partial charge in [-0.2, -0.15) is 5.10 Å². The lowest BCUT2D eigenvalue weighted by Gasteiger charge is -2.33. The number of nitrogens with one attached hydrogen (secondary N) is 2. The highest BCUT2D eigenvalue weighted by atomic mass is 16.5. The van der Waals surface area contributed by atoms with Gasteiger partial charge in [0.1, 0.15) is 0 Å². The van der Waals surface area contributed by atoms with Crippen LogP contribution in [0.3, 0.4) is 0 Å². The first kappa shape index (κ1) is 21.7. The van der Waals surface area contributed by atoms with E-state index in [1.807, 2.05) is 11.7 Å². The Morgan fingerprint density at radius 3 is 2.78 bits per heavy atom. The van der Waals surface area contributed by atoms with Gasteiger partial charge in [-0.15, -0.1) is 0 Å². The Labute approximate surface area is 164 Å². The average molecular weight is 379 g/mol. The molecule has 27 heavy (non-hydrogen) atoms. The predicted octanol–water partition coefficient (Wildman–Crippen LogP) is 2.08. The highest BCUT2D eigenvalue weighted by Crippen LogP contribution is 2.16. The molecule has 2 N–H and O–H groups in total. The minimum Gasteiger partial charge on any atom is -0.383 e. The summed E-state index contributed by atoms with van der Waals surface area (Å²) in [6, 6.07) is 0.733. The van der Waals surface area contributed by atoms with Crippen molar-refractivity contribution in [1.29, 1.82) is 0 Å². The number of hydrogen-bond acceptors (Lipinski definition) is 4. The molecule has 0 aliphatic carbocycles. The minimum atomic E-state index is 0.674. The van der Waals surface area contributed by atoms with Crippen LogP contribution < -0.4 is 10.6 Å². The summed E-state index contributed by atoms with van der Waals surface area (Å²) < 4.78 is 7.18. The van der Waals surface area contributed by atoms with Gasteiger partial charge in [0.2, 0.25) is 0 Å². The average Bonchev–Trinajstić information content (AvgIpc) is 2.94. The number of likely N-dealkylation sites (tertiary alicyclic amines) is 1. The van der Waals surface area contributed by atoms with Crippen molar-refractivity contribution in [2.45, 2.75) is 65.6 Å². The quantitative estimate of drug-likeness (QED) is 0.391. The van der Waals surface area contributed by atoms with E-state index in [1.165, 1.54) is 37.1 Å². The number of aromatic nitrogens is 2. The second-order valence-corrected chi connectivity index (χ2v) is 7.45. The largest absolute Gasteiger partial charge is 0.383 e. The molecule has 0 amide bonds. The number of methoxy groups -OCH3 is 1. The van der Waals surface area contributed by atoms with Crippen LogP contribution in [0.15, 0.2) is 4.99 Å². The maximum atomic E-state index is 5.16.